The van der Waals surface area contributed by atoms with Crippen molar-refractivity contribution in [1.82, 2.24) is 10.2 Å². The molecule has 0 saturated heterocycles. The standard InChI is InChI=1S/C9H8O4.C4H11N5/c1-6(10)13-8-5-3-2-4-7(8)9(11)12;1-9(2)4(7)8-3(5)6/h2-5H,1H3,(H,11,12);1-2H3,(H5,5,6,7,8). The van der Waals surface area contributed by atoms with Crippen LogP contribution >= 0.6 is 0 Å². The molecule has 22 heavy (non-hydrogen) atoms. The Kier molecular flexibility index (Phi) is 7.69. The molecule has 0 radical (unpaired) electrons. The first-order valence-corrected chi connectivity index (χ1v) is 6.02. The summed E-state index contributed by atoms with van der Waals surface area (Å²) in [4.78, 5) is 22.7. The number of aromatic carboxylic acids is 1. The minimum absolute atomic E-state index is 0.0160. The second kappa shape index (κ2) is 8.95. The number of carboxylic acid groups (broad SMARTS) is 1. The van der Waals surface area contributed by atoms with Crippen LogP contribution in [-0.2, 0) is 4.79 Å². The van der Waals surface area contributed by atoms with E-state index in [1.165, 1.54) is 24.0 Å². The van der Waals surface area contributed by atoms with Gasteiger partial charge in [-0.05, 0) is 12.1 Å². The first-order chi connectivity index (χ1) is 10.1. The average molecular weight is 309 g/mol. The van der Waals surface area contributed by atoms with E-state index >= 15 is 0 Å². The third-order valence-corrected chi connectivity index (χ3v) is 2.07. The molecule has 0 heterocycles. The first kappa shape index (κ1) is 18.9. The van der Waals surface area contributed by atoms with E-state index in [0.29, 0.717) is 0 Å². The molecule has 1 aromatic rings. The smallest absolute Gasteiger partial charge is 0.339 e. The Morgan fingerprint density at radius 3 is 2.18 bits per heavy atom. The van der Waals surface area contributed by atoms with E-state index in [2.05, 4.69) is 10.1 Å². The number of hydrogen-bond donors (Lipinski definition) is 5. The number of nitrogens with zero attached hydrogens (tertiary/aromatic N) is 1. The molecular formula is C13H19N5O4. The number of ether oxygens (including phenoxy) is 1. The fourth-order valence-electron chi connectivity index (χ4n) is 1.13. The lowest BCUT2D eigenvalue weighted by Crippen LogP contribution is -2.42. The van der Waals surface area contributed by atoms with Crippen LogP contribution < -0.4 is 15.8 Å². The quantitative estimate of drug-likeness (QED) is 0.227. The van der Waals surface area contributed by atoms with E-state index in [9.17, 15) is 9.59 Å². The highest BCUT2D eigenvalue weighted by molar-refractivity contribution is 5.94. The van der Waals surface area contributed by atoms with Crippen molar-refractivity contribution in [3.05, 3.63) is 29.8 Å². The van der Waals surface area contributed by atoms with Crippen LogP contribution in [0.2, 0.25) is 0 Å². The largest absolute Gasteiger partial charge is 0.478 e. The van der Waals surface area contributed by atoms with E-state index in [-0.39, 0.29) is 23.2 Å². The molecule has 0 aliphatic rings. The zero-order valence-corrected chi connectivity index (χ0v) is 12.5. The molecule has 120 valence electrons. The number of hydrogen-bond acceptors (Lipinski definition) is 5. The maximum absolute atomic E-state index is 10.6. The molecule has 0 bridgehead atoms. The molecule has 1 aromatic carbocycles. The van der Waals surface area contributed by atoms with Gasteiger partial charge in [0.1, 0.15) is 11.3 Å². The zero-order valence-electron chi connectivity index (χ0n) is 12.5. The Morgan fingerprint density at radius 2 is 1.82 bits per heavy atom. The lowest BCUT2D eigenvalue weighted by Gasteiger charge is -2.13. The molecule has 0 aliphatic heterocycles. The number of rotatable bonds is 2. The highest BCUT2D eigenvalue weighted by Crippen LogP contribution is 2.17. The summed E-state index contributed by atoms with van der Waals surface area (Å²) < 4.78 is 4.69. The van der Waals surface area contributed by atoms with Gasteiger partial charge in [-0.2, -0.15) is 0 Å². The Bertz CT molecular complexity index is 571. The van der Waals surface area contributed by atoms with Crippen molar-refractivity contribution in [1.29, 1.82) is 10.8 Å². The number of guanidine groups is 2. The highest BCUT2D eigenvalue weighted by atomic mass is 16.5. The maximum Gasteiger partial charge on any atom is 0.339 e. The fraction of sp³-hybridized carbons (Fsp3) is 0.231. The van der Waals surface area contributed by atoms with E-state index in [0.717, 1.165) is 0 Å². The number of benzene rings is 1. The van der Waals surface area contributed by atoms with E-state index in [4.69, 9.17) is 21.7 Å². The summed E-state index contributed by atoms with van der Waals surface area (Å²) in [5, 5.41) is 24.8. The predicted octanol–water partition coefficient (Wildman–Crippen LogP) is 0.276. The van der Waals surface area contributed by atoms with Gasteiger partial charge in [0.15, 0.2) is 11.9 Å². The summed E-state index contributed by atoms with van der Waals surface area (Å²) in [5.41, 5.74) is 4.92. The second-order valence-corrected chi connectivity index (χ2v) is 4.18. The molecule has 0 saturated carbocycles. The van der Waals surface area contributed by atoms with Gasteiger partial charge in [0, 0.05) is 21.0 Å². The van der Waals surface area contributed by atoms with Gasteiger partial charge in [0.2, 0.25) is 0 Å². The Morgan fingerprint density at radius 1 is 1.27 bits per heavy atom. The molecule has 1 rings (SSSR count). The van der Waals surface area contributed by atoms with Crippen molar-refractivity contribution in [2.75, 3.05) is 14.1 Å². The van der Waals surface area contributed by atoms with Crippen LogP contribution in [0.4, 0.5) is 0 Å². The van der Waals surface area contributed by atoms with Crippen molar-refractivity contribution in [2.45, 2.75) is 6.92 Å². The van der Waals surface area contributed by atoms with Gasteiger partial charge < -0.3 is 20.5 Å². The van der Waals surface area contributed by atoms with Crippen molar-refractivity contribution >= 4 is 23.9 Å². The minimum atomic E-state index is -1.11. The summed E-state index contributed by atoms with van der Waals surface area (Å²) in [6.45, 7) is 1.22. The summed E-state index contributed by atoms with van der Waals surface area (Å²) >= 11 is 0. The third-order valence-electron chi connectivity index (χ3n) is 2.07. The minimum Gasteiger partial charge on any atom is -0.478 e. The van der Waals surface area contributed by atoms with Crippen LogP contribution in [0.1, 0.15) is 17.3 Å². The number of nitrogens with one attached hydrogen (secondary N) is 3. The third kappa shape index (κ3) is 7.48. The summed E-state index contributed by atoms with van der Waals surface area (Å²) in [6, 6.07) is 5.98. The van der Waals surface area contributed by atoms with Crippen LogP contribution in [0.5, 0.6) is 5.75 Å². The van der Waals surface area contributed by atoms with E-state index in [1.54, 1.807) is 26.2 Å². The molecule has 0 aromatic heterocycles. The lowest BCUT2D eigenvalue weighted by molar-refractivity contribution is -0.131. The molecule has 0 spiro atoms. The molecule has 0 fully saturated rings. The van der Waals surface area contributed by atoms with Crippen LogP contribution in [-0.4, -0.2) is 48.0 Å². The monoisotopic (exact) mass is 309 g/mol. The van der Waals surface area contributed by atoms with Gasteiger partial charge in [-0.15, -0.1) is 0 Å². The predicted molar refractivity (Wildman–Crippen MR) is 81.2 cm³/mol. The highest BCUT2D eigenvalue weighted by Gasteiger charge is 2.10. The number of carbonyl (C=O) groups is 2. The van der Waals surface area contributed by atoms with Gasteiger partial charge in [-0.3, -0.25) is 20.9 Å². The van der Waals surface area contributed by atoms with Crippen LogP contribution in [0.25, 0.3) is 0 Å². The van der Waals surface area contributed by atoms with Crippen molar-refractivity contribution < 1.29 is 19.4 Å². The molecule has 0 atom stereocenters. The van der Waals surface area contributed by atoms with E-state index in [1.807, 2.05) is 0 Å². The van der Waals surface area contributed by atoms with Crippen molar-refractivity contribution in [3.8, 4) is 5.75 Å². The number of para-hydroxylation sites is 1. The topological polar surface area (TPSA) is 153 Å². The van der Waals surface area contributed by atoms with Gasteiger partial charge in [-0.1, -0.05) is 12.1 Å². The SMILES string of the molecule is CC(=O)Oc1ccccc1C(=O)O.CN(C)C(=N)NC(=N)N. The fourth-order valence-corrected chi connectivity index (χ4v) is 1.13. The Balaban J connectivity index is 0.000000433. The first-order valence-electron chi connectivity index (χ1n) is 6.02. The number of nitrogens with two attached hydrogens (primary N) is 1. The normalized spacial score (nSPS) is 8.86. The second-order valence-electron chi connectivity index (χ2n) is 4.18. The van der Waals surface area contributed by atoms with Gasteiger partial charge >= 0.3 is 11.9 Å². The molecule has 0 unspecified atom stereocenters. The van der Waals surface area contributed by atoms with Gasteiger partial charge in [-0.25, -0.2) is 4.79 Å². The van der Waals surface area contributed by atoms with Crippen LogP contribution in [0, 0.1) is 10.8 Å². The summed E-state index contributed by atoms with van der Waals surface area (Å²) in [7, 11) is 3.39. The van der Waals surface area contributed by atoms with Crippen LogP contribution in [0.15, 0.2) is 24.3 Å². The number of esters is 1. The Labute approximate surface area is 127 Å². The Hall–Kier alpha value is -3.10. The molecule has 9 nitrogen and oxygen atoms in total. The lowest BCUT2D eigenvalue weighted by atomic mass is 10.2. The van der Waals surface area contributed by atoms with Gasteiger partial charge in [0.25, 0.3) is 0 Å². The maximum atomic E-state index is 10.6. The average Bonchev–Trinajstić information content (AvgIpc) is 2.38. The number of carbonyl (C=O) groups excluding carboxylic acids is 1. The molecule has 6 N–H and O–H groups in total. The molecule has 0 amide bonds. The van der Waals surface area contributed by atoms with Crippen LogP contribution in [0.3, 0.4) is 0 Å². The zero-order chi connectivity index (χ0) is 17.3. The summed E-state index contributed by atoms with van der Waals surface area (Å²) in [5.74, 6) is -1.68. The molecular weight excluding hydrogens is 290 g/mol. The number of carboxylic acids is 1. The van der Waals surface area contributed by atoms with Crippen molar-refractivity contribution in [2.24, 2.45) is 5.73 Å². The van der Waals surface area contributed by atoms with E-state index < -0.39 is 11.9 Å². The van der Waals surface area contributed by atoms with Crippen molar-refractivity contribution in [3.63, 3.8) is 0 Å². The van der Waals surface area contributed by atoms with Gasteiger partial charge in [0.05, 0.1) is 0 Å². The molecule has 0 aliphatic carbocycles. The molecule has 9 heteroatoms. The summed E-state index contributed by atoms with van der Waals surface area (Å²) in [6.07, 6.45) is 0.